The van der Waals surface area contributed by atoms with Gasteiger partial charge in [0.2, 0.25) is 11.8 Å². The smallest absolute Gasteiger partial charge is 0.248 e. The highest BCUT2D eigenvalue weighted by atomic mass is 16.3. The number of primary amides is 1. The van der Waals surface area contributed by atoms with Gasteiger partial charge < -0.3 is 15.7 Å². The molecule has 6 nitrogen and oxygen atoms in total. The summed E-state index contributed by atoms with van der Waals surface area (Å²) in [4.78, 5) is 28.3. The third-order valence-electron chi connectivity index (χ3n) is 7.28. The van der Waals surface area contributed by atoms with E-state index in [0.717, 1.165) is 38.8 Å². The molecule has 3 atom stereocenters. The van der Waals surface area contributed by atoms with E-state index in [-0.39, 0.29) is 11.8 Å². The minimum Gasteiger partial charge on any atom is -0.387 e. The Labute approximate surface area is 180 Å². The molecular formula is C24H37N3O3. The lowest BCUT2D eigenvalue weighted by Crippen LogP contribution is -2.48. The quantitative estimate of drug-likeness (QED) is 0.615. The van der Waals surface area contributed by atoms with Crippen molar-refractivity contribution in [2.45, 2.75) is 70.4 Å². The maximum Gasteiger partial charge on any atom is 0.248 e. The summed E-state index contributed by atoms with van der Waals surface area (Å²) in [7, 11) is 0. The van der Waals surface area contributed by atoms with Gasteiger partial charge in [0.15, 0.2) is 0 Å². The van der Waals surface area contributed by atoms with Crippen molar-refractivity contribution in [1.82, 2.24) is 9.80 Å². The predicted octanol–water partition coefficient (Wildman–Crippen LogP) is 2.75. The van der Waals surface area contributed by atoms with E-state index in [2.05, 4.69) is 24.8 Å². The molecule has 2 heterocycles. The van der Waals surface area contributed by atoms with Crippen LogP contribution in [0.4, 0.5) is 0 Å². The third kappa shape index (κ3) is 5.22. The summed E-state index contributed by atoms with van der Waals surface area (Å²) in [6, 6.07) is 8.82. The number of hydrogen-bond donors (Lipinski definition) is 2. The number of hydrogen-bond acceptors (Lipinski definition) is 4. The van der Waals surface area contributed by atoms with Crippen LogP contribution >= 0.6 is 0 Å². The highest BCUT2D eigenvalue weighted by Crippen LogP contribution is 2.43. The molecular weight excluding hydrogens is 378 g/mol. The van der Waals surface area contributed by atoms with E-state index in [4.69, 9.17) is 5.73 Å². The first-order valence-electron chi connectivity index (χ1n) is 11.5. The maximum atomic E-state index is 12.3. The van der Waals surface area contributed by atoms with Crippen molar-refractivity contribution in [3.63, 3.8) is 0 Å². The second-order valence-electron chi connectivity index (χ2n) is 8.96. The zero-order valence-corrected chi connectivity index (χ0v) is 18.4. The Balaban J connectivity index is 1.62. The number of piperidine rings is 1. The highest BCUT2D eigenvalue weighted by Gasteiger charge is 2.41. The molecule has 1 aromatic carbocycles. The lowest BCUT2D eigenvalue weighted by molar-refractivity contribution is -0.135. The van der Waals surface area contributed by atoms with Crippen molar-refractivity contribution in [3.05, 3.63) is 35.4 Å². The molecule has 3 rings (SSSR count). The molecule has 0 spiro atoms. The second kappa shape index (κ2) is 10.4. The molecule has 3 N–H and O–H groups in total. The van der Waals surface area contributed by atoms with E-state index < -0.39 is 6.61 Å². The number of rotatable bonds is 10. The molecule has 0 radical (unpaired) electrons. The van der Waals surface area contributed by atoms with Crippen LogP contribution in [0.5, 0.6) is 0 Å². The van der Waals surface area contributed by atoms with Gasteiger partial charge in [-0.25, -0.2) is 0 Å². The SMILES string of the molecule is CCC(CC)CN(CCN1[C@@H]2CC[C@H]1CC(c1cccc(C(N)=O)c1)C2)C(=O)CO. The fraction of sp³-hybridized carbons (Fsp3) is 0.667. The predicted molar refractivity (Wildman–Crippen MR) is 118 cm³/mol. The monoisotopic (exact) mass is 415 g/mol. The number of benzene rings is 1. The Morgan fingerprint density at radius 3 is 2.43 bits per heavy atom. The number of nitrogens with two attached hydrogens (primary N) is 1. The minimum atomic E-state index is -0.411. The minimum absolute atomic E-state index is 0.160. The lowest BCUT2D eigenvalue weighted by Gasteiger charge is -2.40. The van der Waals surface area contributed by atoms with Crippen LogP contribution in [0.25, 0.3) is 0 Å². The van der Waals surface area contributed by atoms with E-state index >= 15 is 0 Å². The fourth-order valence-corrected chi connectivity index (χ4v) is 5.37. The molecule has 2 aliphatic rings. The van der Waals surface area contributed by atoms with E-state index in [1.54, 1.807) is 6.07 Å². The van der Waals surface area contributed by atoms with Gasteiger partial charge in [-0.2, -0.15) is 0 Å². The summed E-state index contributed by atoms with van der Waals surface area (Å²) >= 11 is 0. The molecule has 0 aliphatic carbocycles. The Bertz CT molecular complexity index is 720. The van der Waals surface area contributed by atoms with Crippen molar-refractivity contribution < 1.29 is 14.7 Å². The molecule has 1 aromatic rings. The summed E-state index contributed by atoms with van der Waals surface area (Å²) in [6.45, 7) is 6.20. The van der Waals surface area contributed by atoms with Crippen LogP contribution in [0.15, 0.2) is 24.3 Å². The van der Waals surface area contributed by atoms with Crippen molar-refractivity contribution in [1.29, 1.82) is 0 Å². The number of carbonyl (C=O) groups excluding carboxylic acids is 2. The zero-order valence-electron chi connectivity index (χ0n) is 18.4. The average Bonchev–Trinajstić information content (AvgIpc) is 3.00. The van der Waals surface area contributed by atoms with Gasteiger partial charge in [-0.1, -0.05) is 38.8 Å². The number of carbonyl (C=O) groups is 2. The molecule has 2 amide bonds. The van der Waals surface area contributed by atoms with Crippen molar-refractivity contribution in [2.75, 3.05) is 26.2 Å². The maximum absolute atomic E-state index is 12.3. The number of nitrogens with zero attached hydrogens (tertiary/aromatic N) is 2. The van der Waals surface area contributed by atoms with Crippen LogP contribution in [0.2, 0.25) is 0 Å². The Kier molecular flexibility index (Phi) is 7.89. The Hall–Kier alpha value is -1.92. The summed E-state index contributed by atoms with van der Waals surface area (Å²) in [5, 5.41) is 9.40. The average molecular weight is 416 g/mol. The van der Waals surface area contributed by atoms with Gasteiger partial charge in [-0.3, -0.25) is 14.5 Å². The van der Waals surface area contributed by atoms with Gasteiger partial charge in [-0.05, 0) is 55.2 Å². The fourth-order valence-electron chi connectivity index (χ4n) is 5.37. The first-order valence-corrected chi connectivity index (χ1v) is 11.5. The van der Waals surface area contributed by atoms with E-state index in [1.165, 1.54) is 18.4 Å². The number of amides is 2. The van der Waals surface area contributed by atoms with E-state index in [0.29, 0.717) is 36.0 Å². The van der Waals surface area contributed by atoms with Crippen LogP contribution in [0.3, 0.4) is 0 Å². The molecule has 0 aromatic heterocycles. The van der Waals surface area contributed by atoms with Gasteiger partial charge in [-0.15, -0.1) is 0 Å². The molecule has 0 saturated carbocycles. The molecule has 2 aliphatic heterocycles. The molecule has 2 fully saturated rings. The third-order valence-corrected chi connectivity index (χ3v) is 7.28. The Morgan fingerprint density at radius 2 is 1.87 bits per heavy atom. The molecule has 166 valence electrons. The highest BCUT2D eigenvalue weighted by molar-refractivity contribution is 5.92. The van der Waals surface area contributed by atoms with Crippen LogP contribution < -0.4 is 5.73 Å². The topological polar surface area (TPSA) is 86.9 Å². The van der Waals surface area contributed by atoms with E-state index in [9.17, 15) is 14.7 Å². The van der Waals surface area contributed by atoms with Gasteiger partial charge >= 0.3 is 0 Å². The summed E-state index contributed by atoms with van der Waals surface area (Å²) in [5.41, 5.74) is 7.26. The van der Waals surface area contributed by atoms with Gasteiger partial charge in [0.1, 0.15) is 6.61 Å². The van der Waals surface area contributed by atoms with Crippen molar-refractivity contribution in [3.8, 4) is 0 Å². The summed E-state index contributed by atoms with van der Waals surface area (Å²) < 4.78 is 0. The number of aliphatic hydroxyl groups is 1. The van der Waals surface area contributed by atoms with Crippen LogP contribution in [-0.4, -0.2) is 65.0 Å². The second-order valence-corrected chi connectivity index (χ2v) is 8.96. The van der Waals surface area contributed by atoms with E-state index in [1.807, 2.05) is 17.0 Å². The zero-order chi connectivity index (χ0) is 21.7. The van der Waals surface area contributed by atoms with Crippen molar-refractivity contribution in [2.24, 2.45) is 11.7 Å². The Morgan fingerprint density at radius 1 is 1.20 bits per heavy atom. The molecule has 2 saturated heterocycles. The van der Waals surface area contributed by atoms with Gasteiger partial charge in [0, 0.05) is 37.3 Å². The first kappa shape index (κ1) is 22.8. The number of aliphatic hydroxyl groups excluding tert-OH is 1. The number of fused-ring (bicyclic) bond motifs is 2. The van der Waals surface area contributed by atoms with Crippen LogP contribution in [0.1, 0.15) is 74.2 Å². The van der Waals surface area contributed by atoms with Crippen molar-refractivity contribution >= 4 is 11.8 Å². The molecule has 6 heteroatoms. The molecule has 2 bridgehead atoms. The molecule has 30 heavy (non-hydrogen) atoms. The van der Waals surface area contributed by atoms with Gasteiger partial charge in [0.05, 0.1) is 0 Å². The first-order chi connectivity index (χ1) is 14.5. The van der Waals surface area contributed by atoms with Crippen LogP contribution in [0, 0.1) is 5.92 Å². The normalized spacial score (nSPS) is 23.7. The largest absolute Gasteiger partial charge is 0.387 e. The summed E-state index contributed by atoms with van der Waals surface area (Å²) in [6.07, 6.45) is 6.65. The summed E-state index contributed by atoms with van der Waals surface area (Å²) in [5.74, 6) is 0.411. The molecule has 1 unspecified atom stereocenters. The standard InChI is InChI=1S/C24H37N3O3/c1-3-17(4-2)15-26(23(29)16-28)10-11-27-21-8-9-22(27)14-20(13-21)18-6-5-7-19(12-18)24(25)30/h5-7,12,17,20-22,28H,3-4,8-11,13-16H2,1-2H3,(H2,25,30)/t20?,21-,22+. The lowest BCUT2D eigenvalue weighted by atomic mass is 9.84. The van der Waals surface area contributed by atoms with Crippen LogP contribution in [-0.2, 0) is 4.79 Å². The van der Waals surface area contributed by atoms with Gasteiger partial charge in [0.25, 0.3) is 0 Å².